The largest absolute Gasteiger partial charge is 0.507 e. The van der Waals surface area contributed by atoms with Gasteiger partial charge in [-0.05, 0) is 39.1 Å². The van der Waals surface area contributed by atoms with E-state index in [9.17, 15) is 19.4 Å². The van der Waals surface area contributed by atoms with Crippen molar-refractivity contribution in [1.29, 1.82) is 0 Å². The molecule has 1 aliphatic rings. The monoisotopic (exact) mass is 310 g/mol. The highest BCUT2D eigenvalue weighted by molar-refractivity contribution is 5.96. The highest BCUT2D eigenvalue weighted by Gasteiger charge is 2.37. The van der Waals surface area contributed by atoms with Gasteiger partial charge < -0.3 is 20.0 Å². The summed E-state index contributed by atoms with van der Waals surface area (Å²) in [5.41, 5.74) is -0.257. The Morgan fingerprint density at radius 2 is 2.18 bits per heavy atom. The third kappa shape index (κ3) is 3.56. The quantitative estimate of drug-likeness (QED) is 0.880. The third-order valence-corrected chi connectivity index (χ3v) is 4.13. The average Bonchev–Trinajstić information content (AvgIpc) is 2.46. The Balaban J connectivity index is 2.19. The lowest BCUT2D eigenvalue weighted by Gasteiger charge is -2.43. The van der Waals surface area contributed by atoms with Crippen molar-refractivity contribution in [3.8, 4) is 5.75 Å². The molecule has 22 heavy (non-hydrogen) atoms. The van der Waals surface area contributed by atoms with Gasteiger partial charge in [0.25, 0.3) is 5.91 Å². The van der Waals surface area contributed by atoms with Crippen molar-refractivity contribution in [2.24, 2.45) is 5.41 Å². The molecule has 1 saturated heterocycles. The summed E-state index contributed by atoms with van der Waals surface area (Å²) in [6, 6.07) is 3.40. The molecular formula is C16H23FN2O3. The molecule has 0 saturated carbocycles. The van der Waals surface area contributed by atoms with Crippen molar-refractivity contribution in [3.05, 3.63) is 29.6 Å². The van der Waals surface area contributed by atoms with E-state index in [0.29, 0.717) is 19.6 Å². The fraction of sp³-hybridized carbons (Fsp3) is 0.562. The minimum Gasteiger partial charge on any atom is -0.507 e. The van der Waals surface area contributed by atoms with Crippen molar-refractivity contribution in [2.75, 3.05) is 40.3 Å². The highest BCUT2D eigenvalue weighted by Crippen LogP contribution is 2.32. The van der Waals surface area contributed by atoms with Crippen LogP contribution in [0.5, 0.6) is 5.75 Å². The molecule has 1 aromatic carbocycles. The predicted molar refractivity (Wildman–Crippen MR) is 81.3 cm³/mol. The van der Waals surface area contributed by atoms with Crippen LogP contribution in [0.25, 0.3) is 0 Å². The second kappa shape index (κ2) is 6.62. The van der Waals surface area contributed by atoms with Gasteiger partial charge in [-0.1, -0.05) is 0 Å². The molecule has 2 N–H and O–H groups in total. The Morgan fingerprint density at radius 3 is 2.77 bits per heavy atom. The van der Waals surface area contributed by atoms with Crippen LogP contribution in [0.1, 0.15) is 23.2 Å². The molecule has 0 aromatic heterocycles. The van der Waals surface area contributed by atoms with Crippen LogP contribution < -0.4 is 0 Å². The van der Waals surface area contributed by atoms with Gasteiger partial charge in [-0.15, -0.1) is 0 Å². The summed E-state index contributed by atoms with van der Waals surface area (Å²) in [7, 11) is 3.87. The van der Waals surface area contributed by atoms with Crippen LogP contribution in [-0.4, -0.2) is 66.3 Å². The lowest BCUT2D eigenvalue weighted by Crippen LogP contribution is -2.51. The first kappa shape index (κ1) is 16.7. The lowest BCUT2D eigenvalue weighted by atomic mass is 9.80. The summed E-state index contributed by atoms with van der Waals surface area (Å²) >= 11 is 0. The van der Waals surface area contributed by atoms with Gasteiger partial charge in [-0.25, -0.2) is 4.39 Å². The molecular weight excluding hydrogens is 287 g/mol. The topological polar surface area (TPSA) is 64.0 Å². The molecule has 0 spiro atoms. The Labute approximate surface area is 130 Å². The minimum atomic E-state index is -0.579. The number of carbonyl (C=O) groups is 1. The molecule has 0 unspecified atom stereocenters. The van der Waals surface area contributed by atoms with E-state index in [2.05, 4.69) is 0 Å². The maximum atomic E-state index is 13.1. The number of hydrogen-bond donors (Lipinski definition) is 2. The van der Waals surface area contributed by atoms with Gasteiger partial charge in [0.2, 0.25) is 0 Å². The first-order chi connectivity index (χ1) is 10.4. The third-order valence-electron chi connectivity index (χ3n) is 4.13. The van der Waals surface area contributed by atoms with Gasteiger partial charge in [0, 0.05) is 31.1 Å². The number of aromatic hydroxyl groups is 1. The van der Waals surface area contributed by atoms with Crippen LogP contribution in [0.4, 0.5) is 4.39 Å². The van der Waals surface area contributed by atoms with Crippen LogP contribution in [0.15, 0.2) is 18.2 Å². The number of phenols is 1. The van der Waals surface area contributed by atoms with Crippen molar-refractivity contribution < 1.29 is 19.4 Å². The SMILES string of the molecule is CN(C)C[C@]1(CO)CCCN(C(=O)c2ccc(F)cc2O)C1. The van der Waals surface area contributed by atoms with Crippen molar-refractivity contribution >= 4 is 5.91 Å². The second-order valence-corrected chi connectivity index (χ2v) is 6.39. The smallest absolute Gasteiger partial charge is 0.257 e. The molecule has 6 heteroatoms. The molecule has 1 aromatic rings. The highest BCUT2D eigenvalue weighted by atomic mass is 19.1. The van der Waals surface area contributed by atoms with Gasteiger partial charge in [0.05, 0.1) is 12.2 Å². The fourth-order valence-electron chi connectivity index (χ4n) is 3.22. The van der Waals surface area contributed by atoms with Crippen LogP contribution in [0, 0.1) is 11.2 Å². The number of piperidine rings is 1. The molecule has 122 valence electrons. The summed E-state index contributed by atoms with van der Waals surface area (Å²) < 4.78 is 13.1. The number of carbonyl (C=O) groups excluding carboxylic acids is 1. The number of amides is 1. The molecule has 1 fully saturated rings. The average molecular weight is 310 g/mol. The predicted octanol–water partition coefficient (Wildman–Crippen LogP) is 1.31. The standard InChI is InChI=1S/C16H23FN2O3/c1-18(2)9-16(11-20)6-3-7-19(10-16)15(22)13-5-4-12(17)8-14(13)21/h4-5,8,20-21H,3,6-7,9-11H2,1-2H3/t16-/m1/s1. The zero-order valence-electron chi connectivity index (χ0n) is 13.0. The van der Waals surface area contributed by atoms with E-state index < -0.39 is 5.82 Å². The molecule has 1 heterocycles. The van der Waals surface area contributed by atoms with E-state index in [4.69, 9.17) is 0 Å². The molecule has 5 nitrogen and oxygen atoms in total. The first-order valence-electron chi connectivity index (χ1n) is 7.40. The van der Waals surface area contributed by atoms with Crippen LogP contribution in [0.3, 0.4) is 0 Å². The molecule has 0 aliphatic carbocycles. The van der Waals surface area contributed by atoms with Gasteiger partial charge in [0.1, 0.15) is 11.6 Å². The zero-order valence-corrected chi connectivity index (χ0v) is 13.0. The van der Waals surface area contributed by atoms with Crippen LogP contribution in [-0.2, 0) is 0 Å². The lowest BCUT2D eigenvalue weighted by molar-refractivity contribution is 0.0137. The van der Waals surface area contributed by atoms with Crippen LogP contribution in [0.2, 0.25) is 0 Å². The van der Waals surface area contributed by atoms with Crippen LogP contribution >= 0.6 is 0 Å². The van der Waals surface area contributed by atoms with Crippen molar-refractivity contribution in [3.63, 3.8) is 0 Å². The Morgan fingerprint density at radius 1 is 1.45 bits per heavy atom. The van der Waals surface area contributed by atoms with Gasteiger partial charge in [-0.2, -0.15) is 0 Å². The number of phenolic OH excluding ortho intramolecular Hbond substituents is 1. The number of aliphatic hydroxyl groups is 1. The van der Waals surface area contributed by atoms with E-state index in [1.807, 2.05) is 19.0 Å². The normalized spacial score (nSPS) is 22.1. The van der Waals surface area contributed by atoms with E-state index in [1.54, 1.807) is 4.90 Å². The van der Waals surface area contributed by atoms with E-state index in [1.165, 1.54) is 6.07 Å². The van der Waals surface area contributed by atoms with Crippen molar-refractivity contribution in [2.45, 2.75) is 12.8 Å². The van der Waals surface area contributed by atoms with Gasteiger partial charge in [0.15, 0.2) is 0 Å². The van der Waals surface area contributed by atoms with E-state index >= 15 is 0 Å². The first-order valence-corrected chi connectivity index (χ1v) is 7.40. The molecule has 0 radical (unpaired) electrons. The maximum Gasteiger partial charge on any atom is 0.257 e. The maximum absolute atomic E-state index is 13.1. The number of halogens is 1. The molecule has 0 bridgehead atoms. The second-order valence-electron chi connectivity index (χ2n) is 6.39. The molecule has 1 amide bonds. The van der Waals surface area contributed by atoms with Crippen molar-refractivity contribution in [1.82, 2.24) is 9.80 Å². The fourth-order valence-corrected chi connectivity index (χ4v) is 3.22. The minimum absolute atomic E-state index is 0.00433. The Hall–Kier alpha value is -1.66. The Kier molecular flexibility index (Phi) is 5.03. The molecule has 1 atom stereocenters. The summed E-state index contributed by atoms with van der Waals surface area (Å²) in [4.78, 5) is 16.2. The van der Waals surface area contributed by atoms with Gasteiger partial charge >= 0.3 is 0 Å². The Bertz CT molecular complexity index is 550. The van der Waals surface area contributed by atoms with Gasteiger partial charge in [-0.3, -0.25) is 4.79 Å². The molecule has 1 aliphatic heterocycles. The van der Waals surface area contributed by atoms with E-state index in [0.717, 1.165) is 25.0 Å². The molecule has 2 rings (SSSR count). The summed E-state index contributed by atoms with van der Waals surface area (Å²) in [5.74, 6) is -1.25. The van der Waals surface area contributed by atoms with E-state index in [-0.39, 0.29) is 29.2 Å². The number of aliphatic hydroxyl groups excluding tert-OH is 1. The number of rotatable bonds is 4. The number of likely N-dealkylation sites (tertiary alicyclic amines) is 1. The zero-order chi connectivity index (χ0) is 16.3. The number of hydrogen-bond acceptors (Lipinski definition) is 4. The number of benzene rings is 1. The summed E-state index contributed by atoms with van der Waals surface area (Å²) in [5, 5.41) is 19.6. The summed E-state index contributed by atoms with van der Waals surface area (Å²) in [6.45, 7) is 1.69. The summed E-state index contributed by atoms with van der Waals surface area (Å²) in [6.07, 6.45) is 1.64. The number of nitrogens with zero attached hydrogens (tertiary/aromatic N) is 2.